The lowest BCUT2D eigenvalue weighted by Gasteiger charge is -2.08. The third-order valence-corrected chi connectivity index (χ3v) is 6.90. The second-order valence-electron chi connectivity index (χ2n) is 6.90. The number of hydrogen-bond donors (Lipinski definition) is 1. The van der Waals surface area contributed by atoms with Crippen molar-refractivity contribution in [2.75, 3.05) is 24.3 Å². The number of esters is 2. The molecule has 3 rings (SSSR count). The normalized spacial score (nSPS) is 13.3. The summed E-state index contributed by atoms with van der Waals surface area (Å²) in [6.45, 7) is 6.30. The van der Waals surface area contributed by atoms with Gasteiger partial charge in [-0.05, 0) is 39.2 Å². The first kappa shape index (κ1) is 23.3. The predicted molar refractivity (Wildman–Crippen MR) is 118 cm³/mol. The predicted octanol–water partition coefficient (Wildman–Crippen LogP) is 3.46. The third-order valence-electron chi connectivity index (χ3n) is 4.75. The van der Waals surface area contributed by atoms with E-state index in [-0.39, 0.29) is 40.3 Å². The van der Waals surface area contributed by atoms with Gasteiger partial charge in [-0.1, -0.05) is 18.2 Å². The van der Waals surface area contributed by atoms with Gasteiger partial charge in [0.05, 0.1) is 24.5 Å². The first-order valence-corrected chi connectivity index (χ1v) is 12.1. The van der Waals surface area contributed by atoms with Crippen molar-refractivity contribution in [2.24, 2.45) is 0 Å². The van der Waals surface area contributed by atoms with Gasteiger partial charge >= 0.3 is 11.9 Å². The fraction of sp³-hybridized carbons (Fsp3) is 0.550. The molecular formula is C20H26N4O5S2. The molecule has 9 nitrogen and oxygen atoms in total. The molecule has 31 heavy (non-hydrogen) atoms. The summed E-state index contributed by atoms with van der Waals surface area (Å²) in [6, 6.07) is 0. The van der Waals surface area contributed by atoms with Gasteiger partial charge in [0, 0.05) is 13.0 Å². The number of aryl methyl sites for hydroxylation is 1. The maximum absolute atomic E-state index is 12.6. The summed E-state index contributed by atoms with van der Waals surface area (Å²) >= 11 is 2.32. The molecule has 0 aromatic carbocycles. The number of anilines is 1. The van der Waals surface area contributed by atoms with Crippen molar-refractivity contribution < 1.29 is 23.9 Å². The number of fused-ring (bicyclic) bond motifs is 1. The van der Waals surface area contributed by atoms with Gasteiger partial charge in [-0.25, -0.2) is 9.59 Å². The van der Waals surface area contributed by atoms with Crippen LogP contribution in [-0.4, -0.2) is 51.6 Å². The van der Waals surface area contributed by atoms with Crippen LogP contribution in [0.3, 0.4) is 0 Å². The molecule has 1 aliphatic heterocycles. The zero-order chi connectivity index (χ0) is 22.4. The molecule has 0 unspecified atom stereocenters. The lowest BCUT2D eigenvalue weighted by molar-refractivity contribution is -0.113. The van der Waals surface area contributed by atoms with Crippen LogP contribution in [0.2, 0.25) is 0 Å². The van der Waals surface area contributed by atoms with Crippen molar-refractivity contribution >= 4 is 45.9 Å². The number of carbonyl (C=O) groups is 3. The maximum atomic E-state index is 12.6. The van der Waals surface area contributed by atoms with E-state index in [2.05, 4.69) is 20.1 Å². The largest absolute Gasteiger partial charge is 0.462 e. The summed E-state index contributed by atoms with van der Waals surface area (Å²) < 4.78 is 12.3. The molecule has 0 atom stereocenters. The van der Waals surface area contributed by atoms with E-state index >= 15 is 0 Å². The summed E-state index contributed by atoms with van der Waals surface area (Å²) in [5, 5.41) is 12.2. The van der Waals surface area contributed by atoms with E-state index in [9.17, 15) is 14.4 Å². The van der Waals surface area contributed by atoms with Crippen molar-refractivity contribution in [3.8, 4) is 0 Å². The Morgan fingerprint density at radius 1 is 1.10 bits per heavy atom. The number of carbonyl (C=O) groups excluding carboxylic acids is 3. The van der Waals surface area contributed by atoms with E-state index in [1.807, 2.05) is 0 Å². The lowest BCUT2D eigenvalue weighted by Crippen LogP contribution is -2.17. The van der Waals surface area contributed by atoms with Gasteiger partial charge in [0.1, 0.15) is 15.7 Å². The Labute approximate surface area is 188 Å². The number of rotatable bonds is 8. The minimum atomic E-state index is -0.586. The number of nitrogens with one attached hydrogen (secondary N) is 1. The number of thiophene rings is 1. The summed E-state index contributed by atoms with van der Waals surface area (Å²) in [5.41, 5.74) is 0.622. The number of nitrogens with zero attached hydrogens (tertiary/aromatic N) is 3. The second kappa shape index (κ2) is 10.8. The number of ether oxygens (including phenoxy) is 2. The standard InChI is InChI=1S/C20H26N4O5S2/c1-4-28-18(26)15-12(3)16(19(27)29-5-2)31-17(15)21-14(25)11-30-20-23-22-13-9-7-6-8-10-24(13)20/h4-11H2,1-3H3,(H,21,25). The Morgan fingerprint density at radius 2 is 1.84 bits per heavy atom. The Balaban J connectivity index is 1.74. The molecule has 1 aliphatic rings. The highest BCUT2D eigenvalue weighted by molar-refractivity contribution is 7.99. The Bertz CT molecular complexity index is 969. The fourth-order valence-electron chi connectivity index (χ4n) is 3.30. The Hall–Kier alpha value is -2.40. The molecule has 0 saturated heterocycles. The average molecular weight is 467 g/mol. The molecule has 0 fully saturated rings. The highest BCUT2D eigenvalue weighted by Gasteiger charge is 2.27. The molecule has 0 spiro atoms. The van der Waals surface area contributed by atoms with Crippen molar-refractivity contribution in [1.82, 2.24) is 14.8 Å². The Kier molecular flexibility index (Phi) is 8.08. The molecule has 1 N–H and O–H groups in total. The first-order chi connectivity index (χ1) is 15.0. The highest BCUT2D eigenvalue weighted by Crippen LogP contribution is 2.34. The van der Waals surface area contributed by atoms with E-state index in [0.29, 0.717) is 10.7 Å². The molecule has 0 aliphatic carbocycles. The van der Waals surface area contributed by atoms with Gasteiger partial charge < -0.3 is 19.4 Å². The second-order valence-corrected chi connectivity index (χ2v) is 8.86. The van der Waals surface area contributed by atoms with Gasteiger partial charge in [0.25, 0.3) is 0 Å². The van der Waals surface area contributed by atoms with Crippen molar-refractivity contribution in [2.45, 2.75) is 58.2 Å². The van der Waals surface area contributed by atoms with Crippen LogP contribution < -0.4 is 5.32 Å². The van der Waals surface area contributed by atoms with Crippen molar-refractivity contribution in [3.63, 3.8) is 0 Å². The van der Waals surface area contributed by atoms with E-state index in [4.69, 9.17) is 9.47 Å². The van der Waals surface area contributed by atoms with E-state index in [1.165, 1.54) is 11.8 Å². The molecule has 168 valence electrons. The number of hydrogen-bond acceptors (Lipinski definition) is 9. The summed E-state index contributed by atoms with van der Waals surface area (Å²) in [6.07, 6.45) is 4.22. The van der Waals surface area contributed by atoms with Crippen LogP contribution >= 0.6 is 23.1 Å². The molecule has 2 aromatic heterocycles. The average Bonchev–Trinajstić information content (AvgIpc) is 3.17. The molecule has 0 saturated carbocycles. The zero-order valence-electron chi connectivity index (χ0n) is 17.9. The van der Waals surface area contributed by atoms with Gasteiger partial charge in [-0.3, -0.25) is 4.79 Å². The van der Waals surface area contributed by atoms with Crippen molar-refractivity contribution in [1.29, 1.82) is 0 Å². The van der Waals surface area contributed by atoms with Gasteiger partial charge in [0.2, 0.25) is 5.91 Å². The minimum Gasteiger partial charge on any atom is -0.462 e. The first-order valence-electron chi connectivity index (χ1n) is 10.3. The monoisotopic (exact) mass is 466 g/mol. The maximum Gasteiger partial charge on any atom is 0.348 e. The molecule has 1 amide bonds. The molecule has 3 heterocycles. The van der Waals surface area contributed by atoms with Crippen LogP contribution in [-0.2, 0) is 27.2 Å². The quantitative estimate of drug-likeness (QED) is 0.465. The van der Waals surface area contributed by atoms with Crippen LogP contribution in [0.25, 0.3) is 0 Å². The van der Waals surface area contributed by atoms with Gasteiger partial charge in [0.15, 0.2) is 5.16 Å². The number of aromatic nitrogens is 3. The van der Waals surface area contributed by atoms with Crippen LogP contribution in [0.15, 0.2) is 5.16 Å². The van der Waals surface area contributed by atoms with E-state index in [0.717, 1.165) is 49.4 Å². The van der Waals surface area contributed by atoms with Crippen LogP contribution in [0.1, 0.15) is 64.5 Å². The van der Waals surface area contributed by atoms with E-state index < -0.39 is 11.9 Å². The SMILES string of the molecule is CCOC(=O)c1sc(NC(=O)CSc2nnc3n2CCCCC3)c(C(=O)OCC)c1C. The number of amides is 1. The van der Waals surface area contributed by atoms with E-state index in [1.54, 1.807) is 20.8 Å². The molecular weight excluding hydrogens is 440 g/mol. The Morgan fingerprint density at radius 3 is 2.58 bits per heavy atom. The van der Waals surface area contributed by atoms with Crippen LogP contribution in [0, 0.1) is 6.92 Å². The van der Waals surface area contributed by atoms with Crippen LogP contribution in [0.5, 0.6) is 0 Å². The molecule has 0 radical (unpaired) electrons. The fourth-order valence-corrected chi connectivity index (χ4v) is 5.19. The van der Waals surface area contributed by atoms with Gasteiger partial charge in [-0.15, -0.1) is 21.5 Å². The minimum absolute atomic E-state index is 0.103. The third kappa shape index (κ3) is 5.45. The smallest absolute Gasteiger partial charge is 0.348 e. The van der Waals surface area contributed by atoms with Crippen molar-refractivity contribution in [3.05, 3.63) is 21.8 Å². The van der Waals surface area contributed by atoms with Crippen LogP contribution in [0.4, 0.5) is 5.00 Å². The summed E-state index contributed by atoms with van der Waals surface area (Å²) in [5.74, 6) is -0.364. The zero-order valence-corrected chi connectivity index (χ0v) is 19.5. The molecule has 2 aromatic rings. The topological polar surface area (TPSA) is 112 Å². The molecule has 0 bridgehead atoms. The highest BCUT2D eigenvalue weighted by atomic mass is 32.2. The number of thioether (sulfide) groups is 1. The lowest BCUT2D eigenvalue weighted by atomic mass is 10.1. The molecule has 11 heteroatoms. The van der Waals surface area contributed by atoms with Gasteiger partial charge in [-0.2, -0.15) is 0 Å². The summed E-state index contributed by atoms with van der Waals surface area (Å²) in [4.78, 5) is 37.6. The summed E-state index contributed by atoms with van der Waals surface area (Å²) in [7, 11) is 0.